The van der Waals surface area contributed by atoms with Crippen molar-refractivity contribution in [2.75, 3.05) is 40.5 Å². The first-order valence-corrected chi connectivity index (χ1v) is 6.98. The fourth-order valence-electron chi connectivity index (χ4n) is 2.70. The first-order chi connectivity index (χ1) is 9.65. The second-order valence-corrected chi connectivity index (χ2v) is 5.11. The molecule has 1 aliphatic heterocycles. The second kappa shape index (κ2) is 6.85. The Kier molecular flexibility index (Phi) is 5.14. The van der Waals surface area contributed by atoms with Crippen molar-refractivity contribution >= 4 is 11.8 Å². The first-order valence-electron chi connectivity index (χ1n) is 6.98. The Morgan fingerprint density at radius 3 is 2.40 bits per heavy atom. The molecule has 0 spiro atoms. The molecule has 20 heavy (non-hydrogen) atoms. The van der Waals surface area contributed by atoms with Crippen molar-refractivity contribution in [3.63, 3.8) is 0 Å². The Hall–Kier alpha value is -1.40. The van der Waals surface area contributed by atoms with Crippen molar-refractivity contribution in [2.45, 2.75) is 12.8 Å². The largest absolute Gasteiger partial charge is 0.378 e. The van der Waals surface area contributed by atoms with Gasteiger partial charge in [-0.15, -0.1) is 0 Å². The van der Waals surface area contributed by atoms with Gasteiger partial charge in [-0.3, -0.25) is 14.4 Å². The normalized spacial score (nSPS) is 26.4. The van der Waals surface area contributed by atoms with Crippen molar-refractivity contribution in [1.82, 2.24) is 9.96 Å². The molecular formula is C14H22N2O4. The molecule has 2 amide bonds. The second-order valence-electron chi connectivity index (χ2n) is 5.11. The van der Waals surface area contributed by atoms with Crippen LogP contribution < -0.4 is 0 Å². The minimum Gasteiger partial charge on any atom is -0.378 e. The van der Waals surface area contributed by atoms with Gasteiger partial charge in [0.1, 0.15) is 0 Å². The highest BCUT2D eigenvalue weighted by atomic mass is 16.7. The number of allylic oxidation sites excluding steroid dienone is 2. The van der Waals surface area contributed by atoms with Gasteiger partial charge in [-0.1, -0.05) is 12.2 Å². The monoisotopic (exact) mass is 282 g/mol. The number of ether oxygens (including phenoxy) is 1. The van der Waals surface area contributed by atoms with Crippen LogP contribution >= 0.6 is 0 Å². The first kappa shape index (κ1) is 15.0. The summed E-state index contributed by atoms with van der Waals surface area (Å²) in [6.45, 7) is 2.37. The van der Waals surface area contributed by atoms with Gasteiger partial charge in [-0.25, -0.2) is 5.06 Å². The van der Waals surface area contributed by atoms with E-state index in [-0.39, 0.29) is 23.7 Å². The molecule has 0 aromatic carbocycles. The summed E-state index contributed by atoms with van der Waals surface area (Å²) in [7, 11) is 3.03. The molecule has 2 atom stereocenters. The van der Waals surface area contributed by atoms with Crippen LogP contribution in [0.4, 0.5) is 0 Å². The quantitative estimate of drug-likeness (QED) is 0.557. The zero-order valence-corrected chi connectivity index (χ0v) is 12.1. The van der Waals surface area contributed by atoms with Gasteiger partial charge in [0, 0.05) is 20.1 Å². The summed E-state index contributed by atoms with van der Waals surface area (Å²) in [6, 6.07) is 0. The van der Waals surface area contributed by atoms with Crippen molar-refractivity contribution in [3.8, 4) is 0 Å². The Morgan fingerprint density at radius 2 is 1.80 bits per heavy atom. The zero-order valence-electron chi connectivity index (χ0n) is 12.1. The van der Waals surface area contributed by atoms with E-state index in [1.807, 2.05) is 12.2 Å². The maximum absolute atomic E-state index is 12.6. The van der Waals surface area contributed by atoms with Gasteiger partial charge < -0.3 is 9.64 Å². The zero-order chi connectivity index (χ0) is 14.5. The van der Waals surface area contributed by atoms with Crippen molar-refractivity contribution < 1.29 is 19.2 Å². The number of nitrogens with zero attached hydrogens (tertiary/aromatic N) is 2. The molecule has 0 saturated carbocycles. The lowest BCUT2D eigenvalue weighted by atomic mass is 9.81. The van der Waals surface area contributed by atoms with E-state index in [0.717, 1.165) is 0 Å². The average molecular weight is 282 g/mol. The maximum atomic E-state index is 12.6. The van der Waals surface area contributed by atoms with Gasteiger partial charge in [-0.2, -0.15) is 0 Å². The van der Waals surface area contributed by atoms with Crippen LogP contribution in [0.15, 0.2) is 12.2 Å². The van der Waals surface area contributed by atoms with Gasteiger partial charge in [0.25, 0.3) is 0 Å². The van der Waals surface area contributed by atoms with E-state index in [1.54, 1.807) is 11.9 Å². The molecule has 1 aliphatic carbocycles. The molecular weight excluding hydrogens is 260 g/mol. The number of rotatable bonds is 3. The Labute approximate surface area is 119 Å². The highest BCUT2D eigenvalue weighted by Gasteiger charge is 2.38. The van der Waals surface area contributed by atoms with Gasteiger partial charge in [0.2, 0.25) is 11.8 Å². The van der Waals surface area contributed by atoms with Crippen LogP contribution in [0, 0.1) is 11.8 Å². The predicted octanol–water partition coefficient (Wildman–Crippen LogP) is 0.447. The minimum atomic E-state index is -0.333. The molecule has 0 radical (unpaired) electrons. The summed E-state index contributed by atoms with van der Waals surface area (Å²) >= 11 is 0. The summed E-state index contributed by atoms with van der Waals surface area (Å²) < 4.78 is 5.26. The Balaban J connectivity index is 2.08. The fourth-order valence-corrected chi connectivity index (χ4v) is 2.70. The molecule has 6 nitrogen and oxygen atoms in total. The fraction of sp³-hybridized carbons (Fsp3) is 0.714. The van der Waals surface area contributed by atoms with E-state index in [1.165, 1.54) is 12.2 Å². The molecule has 2 rings (SSSR count). The van der Waals surface area contributed by atoms with E-state index < -0.39 is 0 Å². The van der Waals surface area contributed by atoms with Gasteiger partial charge in [0.15, 0.2) is 0 Å². The summed E-state index contributed by atoms with van der Waals surface area (Å²) in [6.07, 6.45) is 5.16. The standard InChI is InChI=1S/C14H22N2O4/c1-15(19-2)13(17)11-5-3-4-6-12(11)14(18)16-7-9-20-10-8-16/h3-4,11-12H,5-10H2,1-2H3/t11-,12+/m1/s1. The van der Waals surface area contributed by atoms with Crippen LogP contribution in [0.2, 0.25) is 0 Å². The number of hydroxylamine groups is 2. The number of amides is 2. The van der Waals surface area contributed by atoms with Crippen LogP contribution in [0.5, 0.6) is 0 Å². The molecule has 1 fully saturated rings. The predicted molar refractivity (Wildman–Crippen MR) is 72.5 cm³/mol. The van der Waals surface area contributed by atoms with E-state index in [0.29, 0.717) is 39.1 Å². The molecule has 112 valence electrons. The van der Waals surface area contributed by atoms with Crippen LogP contribution in [-0.4, -0.2) is 62.2 Å². The summed E-state index contributed by atoms with van der Waals surface area (Å²) in [5.74, 6) is -0.701. The van der Waals surface area contributed by atoms with Crippen LogP contribution in [0.25, 0.3) is 0 Å². The van der Waals surface area contributed by atoms with Gasteiger partial charge in [0.05, 0.1) is 32.2 Å². The Morgan fingerprint density at radius 1 is 1.20 bits per heavy atom. The van der Waals surface area contributed by atoms with E-state index >= 15 is 0 Å². The lowest BCUT2D eigenvalue weighted by Crippen LogP contribution is -2.48. The number of carbonyl (C=O) groups excluding carboxylic acids is 2. The third-order valence-electron chi connectivity index (χ3n) is 3.97. The molecule has 0 bridgehead atoms. The molecule has 6 heteroatoms. The summed E-state index contributed by atoms with van der Waals surface area (Å²) in [5, 5.41) is 1.21. The number of morpholine rings is 1. The van der Waals surface area contributed by atoms with Crippen molar-refractivity contribution in [2.24, 2.45) is 11.8 Å². The van der Waals surface area contributed by atoms with Crippen LogP contribution in [-0.2, 0) is 19.2 Å². The van der Waals surface area contributed by atoms with Crippen LogP contribution in [0.3, 0.4) is 0 Å². The highest BCUT2D eigenvalue weighted by molar-refractivity contribution is 5.88. The molecule has 0 unspecified atom stereocenters. The summed E-state index contributed by atoms with van der Waals surface area (Å²) in [5.41, 5.74) is 0. The maximum Gasteiger partial charge on any atom is 0.250 e. The summed E-state index contributed by atoms with van der Waals surface area (Å²) in [4.78, 5) is 31.7. The average Bonchev–Trinajstić information content (AvgIpc) is 2.53. The minimum absolute atomic E-state index is 0.0560. The molecule has 0 aromatic rings. The highest BCUT2D eigenvalue weighted by Crippen LogP contribution is 2.29. The topological polar surface area (TPSA) is 59.1 Å². The van der Waals surface area contributed by atoms with Gasteiger partial charge >= 0.3 is 0 Å². The van der Waals surface area contributed by atoms with Gasteiger partial charge in [-0.05, 0) is 12.8 Å². The molecule has 1 saturated heterocycles. The number of carbonyl (C=O) groups is 2. The lowest BCUT2D eigenvalue weighted by molar-refractivity contribution is -0.177. The third-order valence-corrected chi connectivity index (χ3v) is 3.97. The Bertz CT molecular complexity index is 391. The van der Waals surface area contributed by atoms with Crippen LogP contribution in [0.1, 0.15) is 12.8 Å². The lowest BCUT2D eigenvalue weighted by Gasteiger charge is -2.34. The number of hydrogen-bond donors (Lipinski definition) is 0. The molecule has 2 aliphatic rings. The third kappa shape index (κ3) is 3.19. The molecule has 0 N–H and O–H groups in total. The molecule has 0 aromatic heterocycles. The van der Waals surface area contributed by atoms with E-state index in [2.05, 4.69) is 0 Å². The SMILES string of the molecule is CON(C)C(=O)[C@@H]1CC=CC[C@@H]1C(=O)N1CCOCC1. The number of hydrogen-bond acceptors (Lipinski definition) is 4. The molecule has 1 heterocycles. The smallest absolute Gasteiger partial charge is 0.250 e. The van der Waals surface area contributed by atoms with Crippen molar-refractivity contribution in [3.05, 3.63) is 12.2 Å². The van der Waals surface area contributed by atoms with E-state index in [4.69, 9.17) is 9.57 Å². The van der Waals surface area contributed by atoms with E-state index in [9.17, 15) is 9.59 Å². The van der Waals surface area contributed by atoms with Crippen molar-refractivity contribution in [1.29, 1.82) is 0 Å².